The Balaban J connectivity index is 2.79. The van der Waals surface area contributed by atoms with E-state index in [9.17, 15) is 0 Å². The summed E-state index contributed by atoms with van der Waals surface area (Å²) in [6.07, 6.45) is 2.08. The maximum atomic E-state index is 5.91. The Morgan fingerprint density at radius 1 is 1.36 bits per heavy atom. The summed E-state index contributed by atoms with van der Waals surface area (Å²) >= 11 is 0. The van der Waals surface area contributed by atoms with Gasteiger partial charge in [0.15, 0.2) is 0 Å². The molecule has 0 saturated heterocycles. The van der Waals surface area contributed by atoms with Crippen molar-refractivity contribution >= 4 is 5.65 Å². The minimum atomic E-state index is 0.0202. The molecule has 0 radical (unpaired) electrons. The topological polar surface area (TPSA) is 43.3 Å². The number of fused-ring (bicyclic) bond motifs is 1. The summed E-state index contributed by atoms with van der Waals surface area (Å²) in [4.78, 5) is 4.46. The van der Waals surface area contributed by atoms with E-state index in [2.05, 4.69) is 28.6 Å². The Labute approximate surface area is 83.6 Å². The Hall–Kier alpha value is -1.35. The molecule has 2 aromatic heterocycles. The van der Waals surface area contributed by atoms with Crippen LogP contribution in [0.4, 0.5) is 0 Å². The highest BCUT2D eigenvalue weighted by molar-refractivity contribution is 5.44. The van der Waals surface area contributed by atoms with Gasteiger partial charge in [0, 0.05) is 12.2 Å². The average molecular weight is 189 g/mol. The zero-order valence-electron chi connectivity index (χ0n) is 8.78. The van der Waals surface area contributed by atoms with E-state index in [1.165, 1.54) is 5.56 Å². The molecule has 0 bridgehead atoms. The largest absolute Gasteiger partial charge is 0.323 e. The monoisotopic (exact) mass is 189 g/mol. The molecule has 2 N–H and O–H groups in total. The molecular formula is C11H15N3. The summed E-state index contributed by atoms with van der Waals surface area (Å²) < 4.78 is 2.08. The van der Waals surface area contributed by atoms with E-state index in [1.807, 2.05) is 19.9 Å². The first-order valence-electron chi connectivity index (χ1n) is 4.80. The molecule has 1 atom stereocenters. The van der Waals surface area contributed by atoms with Gasteiger partial charge in [-0.15, -0.1) is 0 Å². The molecule has 2 rings (SSSR count). The Bertz CT molecular complexity index is 469. The average Bonchev–Trinajstić information content (AvgIpc) is 2.40. The van der Waals surface area contributed by atoms with Crippen LogP contribution >= 0.6 is 0 Å². The first kappa shape index (κ1) is 9.21. The molecule has 14 heavy (non-hydrogen) atoms. The summed E-state index contributed by atoms with van der Waals surface area (Å²) in [7, 11) is 0. The molecule has 3 nitrogen and oxygen atoms in total. The molecule has 0 amide bonds. The van der Waals surface area contributed by atoms with Crippen LogP contribution in [-0.4, -0.2) is 9.38 Å². The SMILES string of the molecule is Cc1ccc2nc(C)c(C(C)N)n2c1. The molecule has 0 aliphatic carbocycles. The van der Waals surface area contributed by atoms with E-state index in [1.54, 1.807) is 0 Å². The molecule has 2 heterocycles. The normalized spacial score (nSPS) is 13.4. The van der Waals surface area contributed by atoms with Gasteiger partial charge in [-0.3, -0.25) is 0 Å². The van der Waals surface area contributed by atoms with Crippen molar-refractivity contribution in [3.05, 3.63) is 35.3 Å². The number of aromatic nitrogens is 2. The molecule has 0 saturated carbocycles. The zero-order valence-corrected chi connectivity index (χ0v) is 8.78. The van der Waals surface area contributed by atoms with Gasteiger partial charge in [-0.2, -0.15) is 0 Å². The van der Waals surface area contributed by atoms with Crippen LogP contribution in [0.1, 0.15) is 29.9 Å². The van der Waals surface area contributed by atoms with Gasteiger partial charge in [0.05, 0.1) is 11.4 Å². The second-order valence-electron chi connectivity index (χ2n) is 3.81. The fraction of sp³-hybridized carbons (Fsp3) is 0.364. The van der Waals surface area contributed by atoms with Crippen LogP contribution in [0.2, 0.25) is 0 Å². The van der Waals surface area contributed by atoms with Crippen molar-refractivity contribution < 1.29 is 0 Å². The van der Waals surface area contributed by atoms with Crippen LogP contribution in [0.5, 0.6) is 0 Å². The number of pyridine rings is 1. The van der Waals surface area contributed by atoms with Crippen molar-refractivity contribution in [3.63, 3.8) is 0 Å². The lowest BCUT2D eigenvalue weighted by Crippen LogP contribution is -2.09. The van der Waals surface area contributed by atoms with Gasteiger partial charge in [-0.1, -0.05) is 6.07 Å². The first-order valence-corrected chi connectivity index (χ1v) is 4.80. The number of imidazole rings is 1. The Morgan fingerprint density at radius 3 is 2.71 bits per heavy atom. The minimum Gasteiger partial charge on any atom is -0.323 e. The molecule has 0 fully saturated rings. The molecule has 2 aromatic rings. The van der Waals surface area contributed by atoms with Gasteiger partial charge in [0.2, 0.25) is 0 Å². The van der Waals surface area contributed by atoms with Gasteiger partial charge in [0.25, 0.3) is 0 Å². The number of aryl methyl sites for hydroxylation is 2. The molecule has 1 unspecified atom stereocenters. The summed E-state index contributed by atoms with van der Waals surface area (Å²) in [6, 6.07) is 4.10. The van der Waals surface area contributed by atoms with Crippen LogP contribution < -0.4 is 5.73 Å². The maximum Gasteiger partial charge on any atom is 0.137 e. The third-order valence-corrected chi connectivity index (χ3v) is 2.42. The Kier molecular flexibility index (Phi) is 2.04. The number of hydrogen-bond donors (Lipinski definition) is 1. The quantitative estimate of drug-likeness (QED) is 0.745. The second-order valence-corrected chi connectivity index (χ2v) is 3.81. The highest BCUT2D eigenvalue weighted by Crippen LogP contribution is 2.18. The molecule has 3 heteroatoms. The molecule has 0 spiro atoms. The van der Waals surface area contributed by atoms with Crippen molar-refractivity contribution in [1.29, 1.82) is 0 Å². The zero-order chi connectivity index (χ0) is 10.3. The van der Waals surface area contributed by atoms with Crippen LogP contribution in [0.3, 0.4) is 0 Å². The van der Waals surface area contributed by atoms with Gasteiger partial charge < -0.3 is 10.1 Å². The lowest BCUT2D eigenvalue weighted by Gasteiger charge is -2.06. The summed E-state index contributed by atoms with van der Waals surface area (Å²) in [5.74, 6) is 0. The molecule has 0 aliphatic heterocycles. The fourth-order valence-electron chi connectivity index (χ4n) is 1.84. The van der Waals surface area contributed by atoms with Crippen LogP contribution in [0, 0.1) is 13.8 Å². The number of hydrogen-bond acceptors (Lipinski definition) is 2. The second kappa shape index (κ2) is 3.10. The van der Waals surface area contributed by atoms with Crippen molar-refractivity contribution in [1.82, 2.24) is 9.38 Å². The summed E-state index contributed by atoms with van der Waals surface area (Å²) in [5, 5.41) is 0. The summed E-state index contributed by atoms with van der Waals surface area (Å²) in [6.45, 7) is 6.06. The maximum absolute atomic E-state index is 5.91. The smallest absolute Gasteiger partial charge is 0.137 e. The third-order valence-electron chi connectivity index (χ3n) is 2.42. The van der Waals surface area contributed by atoms with E-state index in [4.69, 9.17) is 5.73 Å². The van der Waals surface area contributed by atoms with E-state index in [0.29, 0.717) is 0 Å². The highest BCUT2D eigenvalue weighted by Gasteiger charge is 2.11. The van der Waals surface area contributed by atoms with Gasteiger partial charge in [-0.05, 0) is 32.4 Å². The van der Waals surface area contributed by atoms with Crippen LogP contribution in [0.25, 0.3) is 5.65 Å². The van der Waals surface area contributed by atoms with Crippen molar-refractivity contribution in [2.75, 3.05) is 0 Å². The predicted octanol–water partition coefficient (Wildman–Crippen LogP) is 1.97. The van der Waals surface area contributed by atoms with Crippen molar-refractivity contribution in [2.45, 2.75) is 26.8 Å². The summed E-state index contributed by atoms with van der Waals surface area (Å²) in [5.41, 5.74) is 10.2. The molecular weight excluding hydrogens is 174 g/mol. The Morgan fingerprint density at radius 2 is 2.07 bits per heavy atom. The predicted molar refractivity (Wildman–Crippen MR) is 57.3 cm³/mol. The highest BCUT2D eigenvalue weighted by atomic mass is 15.0. The van der Waals surface area contributed by atoms with E-state index in [-0.39, 0.29) is 6.04 Å². The first-order chi connectivity index (χ1) is 6.59. The van der Waals surface area contributed by atoms with Crippen LogP contribution in [0.15, 0.2) is 18.3 Å². The fourth-order valence-corrected chi connectivity index (χ4v) is 1.84. The lowest BCUT2D eigenvalue weighted by molar-refractivity contribution is 0.760. The molecule has 74 valence electrons. The van der Waals surface area contributed by atoms with E-state index >= 15 is 0 Å². The number of rotatable bonds is 1. The molecule has 0 aromatic carbocycles. The van der Waals surface area contributed by atoms with E-state index < -0.39 is 0 Å². The van der Waals surface area contributed by atoms with Gasteiger partial charge in [0.1, 0.15) is 5.65 Å². The standard InChI is InChI=1S/C11H15N3/c1-7-4-5-10-13-9(3)11(8(2)12)14(10)6-7/h4-6,8H,12H2,1-3H3. The third kappa shape index (κ3) is 1.30. The van der Waals surface area contributed by atoms with Crippen LogP contribution in [-0.2, 0) is 0 Å². The number of nitrogens with zero attached hydrogens (tertiary/aromatic N) is 2. The van der Waals surface area contributed by atoms with Gasteiger partial charge in [-0.25, -0.2) is 4.98 Å². The van der Waals surface area contributed by atoms with Crippen molar-refractivity contribution in [2.24, 2.45) is 5.73 Å². The van der Waals surface area contributed by atoms with E-state index in [0.717, 1.165) is 17.0 Å². The van der Waals surface area contributed by atoms with Gasteiger partial charge >= 0.3 is 0 Å². The number of nitrogens with two attached hydrogens (primary N) is 1. The minimum absolute atomic E-state index is 0.0202. The van der Waals surface area contributed by atoms with Crippen molar-refractivity contribution in [3.8, 4) is 0 Å². The lowest BCUT2D eigenvalue weighted by atomic mass is 10.2. The molecule has 0 aliphatic rings.